The second-order valence-corrected chi connectivity index (χ2v) is 10.1. The molecule has 5 heteroatoms. The van der Waals surface area contributed by atoms with Gasteiger partial charge in [0.1, 0.15) is 6.04 Å². The summed E-state index contributed by atoms with van der Waals surface area (Å²) in [6.45, 7) is 23.0. The lowest BCUT2D eigenvalue weighted by Crippen LogP contribution is -2.53. The lowest BCUT2D eigenvalue weighted by molar-refractivity contribution is -0.170. The van der Waals surface area contributed by atoms with Crippen LogP contribution in [0.3, 0.4) is 0 Å². The second kappa shape index (κ2) is 20.0. The molecule has 35 heavy (non-hydrogen) atoms. The predicted octanol–water partition coefficient (Wildman–Crippen LogP) is 7.08. The Morgan fingerprint density at radius 2 is 1.94 bits per heavy atom. The zero-order valence-electron chi connectivity index (χ0n) is 24.7. The maximum absolute atomic E-state index is 10.8. The molecule has 0 aromatic carbocycles. The minimum absolute atomic E-state index is 0.0348. The van der Waals surface area contributed by atoms with Gasteiger partial charge in [0.25, 0.3) is 0 Å². The van der Waals surface area contributed by atoms with Gasteiger partial charge in [-0.25, -0.2) is 0 Å². The number of fused-ring (bicyclic) bond motifs is 1. The first-order chi connectivity index (χ1) is 16.6. The summed E-state index contributed by atoms with van der Waals surface area (Å²) in [5.74, 6) is 0.970. The monoisotopic (exact) mass is 497 g/mol. The second-order valence-electron chi connectivity index (χ2n) is 10.1. The van der Waals surface area contributed by atoms with Crippen molar-refractivity contribution in [3.05, 3.63) is 24.3 Å². The lowest BCUT2D eigenvalue weighted by Gasteiger charge is -2.54. The molecule has 7 atom stereocenters. The summed E-state index contributed by atoms with van der Waals surface area (Å²) in [4.78, 5) is 10.8. The molecule has 1 aliphatic heterocycles. The fourth-order valence-corrected chi connectivity index (χ4v) is 5.25. The van der Waals surface area contributed by atoms with E-state index < -0.39 is 12.0 Å². The van der Waals surface area contributed by atoms with Gasteiger partial charge in [-0.15, -0.1) is 6.58 Å². The Morgan fingerprint density at radius 3 is 2.40 bits per heavy atom. The van der Waals surface area contributed by atoms with Crippen LogP contribution >= 0.6 is 0 Å². The number of esters is 1. The highest BCUT2D eigenvalue weighted by atomic mass is 16.5. The standard InChI is InChI=1S/C18H32O.C7H15NO3.C3H6.C2H6/c1-6-8-16-14(4)18(5,11-7-2)15-10-9-13(3)12-17(15)19-16;1-5(3-4-9)6(8)7(10)11-2;1-3-2;1-2/h12,14-17H,6-11H2,1-5H3;5-6,9H,3-4,8H2,1-2H3;3H,1H2,2H3;1-2H3/t14?,15?,16-,17?,18?;5-,6?;;/m11../s1. The summed E-state index contributed by atoms with van der Waals surface area (Å²) in [5.41, 5.74) is 7.47. The molecule has 0 saturated carbocycles. The Balaban J connectivity index is 0. The van der Waals surface area contributed by atoms with Gasteiger partial charge in [-0.3, -0.25) is 4.79 Å². The van der Waals surface area contributed by atoms with Crippen molar-refractivity contribution in [2.45, 2.75) is 126 Å². The van der Waals surface area contributed by atoms with Crippen LogP contribution in [0, 0.1) is 23.2 Å². The van der Waals surface area contributed by atoms with E-state index in [1.54, 1.807) is 13.0 Å². The molecule has 2 aliphatic rings. The SMILES string of the molecule is C=CC.CC.CCC[C@H]1OC2C=C(C)CCC2C(C)(CCC)C1C.COC(=O)C(N)[C@H](C)CCO. The van der Waals surface area contributed by atoms with E-state index >= 15 is 0 Å². The molecule has 0 bridgehead atoms. The lowest BCUT2D eigenvalue weighted by atomic mass is 9.58. The maximum Gasteiger partial charge on any atom is 0.322 e. The zero-order chi connectivity index (χ0) is 27.6. The Bertz CT molecular complexity index is 591. The quantitative estimate of drug-likeness (QED) is 0.277. The minimum Gasteiger partial charge on any atom is -0.468 e. The van der Waals surface area contributed by atoms with Gasteiger partial charge >= 0.3 is 5.97 Å². The van der Waals surface area contributed by atoms with Crippen molar-refractivity contribution in [2.24, 2.45) is 28.9 Å². The van der Waals surface area contributed by atoms with Crippen LogP contribution in [0.5, 0.6) is 0 Å². The van der Waals surface area contributed by atoms with Crippen LogP contribution < -0.4 is 5.73 Å². The number of rotatable bonds is 8. The third-order valence-corrected chi connectivity index (χ3v) is 7.50. The van der Waals surface area contributed by atoms with Crippen molar-refractivity contribution in [1.82, 2.24) is 0 Å². The molecule has 208 valence electrons. The van der Waals surface area contributed by atoms with Gasteiger partial charge < -0.3 is 20.3 Å². The number of nitrogens with two attached hydrogens (primary N) is 1. The molecular weight excluding hydrogens is 438 g/mol. The summed E-state index contributed by atoms with van der Waals surface area (Å²) in [5, 5.41) is 8.53. The maximum atomic E-state index is 10.8. The van der Waals surface area contributed by atoms with Crippen molar-refractivity contribution in [1.29, 1.82) is 0 Å². The first-order valence-corrected chi connectivity index (χ1v) is 13.9. The van der Waals surface area contributed by atoms with Crippen LogP contribution in [0.25, 0.3) is 0 Å². The topological polar surface area (TPSA) is 81.8 Å². The summed E-state index contributed by atoms with van der Waals surface area (Å²) >= 11 is 0. The Labute approximate surface area is 217 Å². The van der Waals surface area contributed by atoms with Crippen LogP contribution in [0.1, 0.15) is 107 Å². The van der Waals surface area contributed by atoms with Crippen molar-refractivity contribution >= 4 is 5.97 Å². The fraction of sp³-hybridized carbons (Fsp3) is 0.833. The van der Waals surface area contributed by atoms with E-state index in [0.29, 0.717) is 30.0 Å². The third kappa shape index (κ3) is 11.6. The fourth-order valence-electron chi connectivity index (χ4n) is 5.25. The smallest absolute Gasteiger partial charge is 0.322 e. The van der Waals surface area contributed by atoms with E-state index in [9.17, 15) is 4.79 Å². The van der Waals surface area contributed by atoms with Crippen molar-refractivity contribution in [3.63, 3.8) is 0 Å². The van der Waals surface area contributed by atoms with Crippen LogP contribution in [-0.4, -0.2) is 43.0 Å². The third-order valence-electron chi connectivity index (χ3n) is 7.50. The minimum atomic E-state index is -0.618. The number of methoxy groups -OCH3 is 1. The summed E-state index contributed by atoms with van der Waals surface area (Å²) in [7, 11) is 1.30. The molecule has 0 amide bonds. The number of allylic oxidation sites excluding steroid dienone is 2. The number of hydrogen-bond donors (Lipinski definition) is 2. The Kier molecular flexibility index (Phi) is 20.5. The van der Waals surface area contributed by atoms with Crippen molar-refractivity contribution in [3.8, 4) is 0 Å². The largest absolute Gasteiger partial charge is 0.468 e. The van der Waals surface area contributed by atoms with E-state index in [1.165, 1.54) is 51.2 Å². The molecule has 0 aromatic rings. The van der Waals surface area contributed by atoms with Crippen molar-refractivity contribution in [2.75, 3.05) is 13.7 Å². The average molecular weight is 498 g/mol. The first-order valence-electron chi connectivity index (χ1n) is 13.9. The van der Waals surface area contributed by atoms with E-state index in [-0.39, 0.29) is 12.5 Å². The van der Waals surface area contributed by atoms with Gasteiger partial charge in [-0.05, 0) is 69.1 Å². The molecule has 2 rings (SSSR count). The number of ether oxygens (including phenoxy) is 2. The average Bonchev–Trinajstić information content (AvgIpc) is 2.84. The molecular formula is C30H59NO4. The summed E-state index contributed by atoms with van der Waals surface area (Å²) in [6.07, 6.45) is 13.3. The number of hydrogen-bond acceptors (Lipinski definition) is 5. The van der Waals surface area contributed by atoms with E-state index in [4.69, 9.17) is 15.6 Å². The number of carbonyl (C=O) groups is 1. The molecule has 1 saturated heterocycles. The van der Waals surface area contributed by atoms with Crippen LogP contribution in [0.2, 0.25) is 0 Å². The Hall–Kier alpha value is -1.17. The van der Waals surface area contributed by atoms with Gasteiger partial charge in [-0.1, -0.05) is 79.0 Å². The first kappa shape index (κ1) is 36.0. The molecule has 1 heterocycles. The van der Waals surface area contributed by atoms with E-state index in [1.807, 2.05) is 20.8 Å². The van der Waals surface area contributed by atoms with Gasteiger partial charge in [0.2, 0.25) is 0 Å². The molecule has 0 aromatic heterocycles. The van der Waals surface area contributed by atoms with E-state index in [0.717, 1.165) is 5.92 Å². The number of aliphatic hydroxyl groups is 1. The zero-order valence-corrected chi connectivity index (χ0v) is 24.7. The van der Waals surface area contributed by atoms with Crippen LogP contribution in [0.4, 0.5) is 0 Å². The van der Waals surface area contributed by atoms with Crippen LogP contribution in [-0.2, 0) is 14.3 Å². The van der Waals surface area contributed by atoms with Gasteiger partial charge in [-0.2, -0.15) is 0 Å². The number of aliphatic hydroxyl groups excluding tert-OH is 1. The Morgan fingerprint density at radius 1 is 1.37 bits per heavy atom. The highest BCUT2D eigenvalue weighted by molar-refractivity contribution is 5.75. The molecule has 1 aliphatic carbocycles. The summed E-state index contributed by atoms with van der Waals surface area (Å²) < 4.78 is 10.9. The molecule has 0 radical (unpaired) electrons. The van der Waals surface area contributed by atoms with Crippen LogP contribution in [0.15, 0.2) is 24.3 Å². The van der Waals surface area contributed by atoms with Gasteiger partial charge in [0, 0.05) is 6.61 Å². The normalized spacial score (nSPS) is 28.6. The summed E-state index contributed by atoms with van der Waals surface area (Å²) in [6, 6.07) is -0.618. The molecule has 5 unspecified atom stereocenters. The van der Waals surface area contributed by atoms with Crippen molar-refractivity contribution < 1.29 is 19.4 Å². The molecule has 1 fully saturated rings. The molecule has 3 N–H and O–H groups in total. The van der Waals surface area contributed by atoms with E-state index in [2.05, 4.69) is 52.0 Å². The highest BCUT2D eigenvalue weighted by Crippen LogP contribution is 2.53. The van der Waals surface area contributed by atoms with Gasteiger partial charge in [0.15, 0.2) is 0 Å². The molecule has 5 nitrogen and oxygen atoms in total. The number of carbonyl (C=O) groups excluding carboxylic acids is 1. The highest BCUT2D eigenvalue weighted by Gasteiger charge is 2.50. The predicted molar refractivity (Wildman–Crippen MR) is 150 cm³/mol. The molecule has 0 spiro atoms. The van der Waals surface area contributed by atoms with Gasteiger partial charge in [0.05, 0.1) is 19.3 Å².